The molecule has 0 amide bonds. The van der Waals surface area contributed by atoms with Crippen LogP contribution in [0.1, 0.15) is 43.4 Å². The number of aromatic nitrogens is 2. The van der Waals surface area contributed by atoms with Crippen molar-refractivity contribution in [1.82, 2.24) is 19.6 Å². The lowest BCUT2D eigenvalue weighted by molar-refractivity contribution is 0.293. The molecule has 3 heterocycles. The van der Waals surface area contributed by atoms with Crippen LogP contribution in [-0.4, -0.2) is 57.4 Å². The van der Waals surface area contributed by atoms with Crippen LogP contribution in [0.3, 0.4) is 0 Å². The molecule has 4 rings (SSSR count). The number of rotatable bonds is 3. The molecule has 2 aliphatic rings. The maximum atomic E-state index is 4.78. The molecule has 2 fully saturated rings. The van der Waals surface area contributed by atoms with E-state index in [1.165, 1.54) is 43.4 Å². The van der Waals surface area contributed by atoms with Gasteiger partial charge in [-0.1, -0.05) is 25.3 Å². The molecule has 1 aliphatic carbocycles. The highest BCUT2D eigenvalue weighted by atomic mass is 127. The number of imidazole rings is 1. The molecule has 1 aliphatic heterocycles. The zero-order valence-corrected chi connectivity index (χ0v) is 20.1. The van der Waals surface area contributed by atoms with Gasteiger partial charge in [-0.15, -0.1) is 24.0 Å². The van der Waals surface area contributed by atoms with Gasteiger partial charge in [0.2, 0.25) is 0 Å². The summed E-state index contributed by atoms with van der Waals surface area (Å²) in [4.78, 5) is 11.8. The maximum Gasteiger partial charge on any atom is 0.193 e. The molecule has 1 N–H and O–H groups in total. The normalized spacial score (nSPS) is 19.6. The number of halogens is 1. The Morgan fingerprint density at radius 1 is 1.32 bits per heavy atom. The van der Waals surface area contributed by atoms with Crippen molar-refractivity contribution in [1.29, 1.82) is 0 Å². The van der Waals surface area contributed by atoms with Crippen LogP contribution >= 0.6 is 35.7 Å². The molecule has 1 spiro atoms. The van der Waals surface area contributed by atoms with Crippen LogP contribution in [0.25, 0.3) is 5.65 Å². The lowest BCUT2D eigenvalue weighted by atomic mass is 9.87. The third-order valence-corrected chi connectivity index (χ3v) is 7.45. The third-order valence-electron chi connectivity index (χ3n) is 5.92. The standard InChI is InChI=1S/C21H31N5S.HI/c1-17-7-6-12-25-15-18(24-19(17)25)8-11-23-20(22-2)26-13-14-27-21(16-26)9-4-3-5-10-21;/h6-7,12,15H,3-5,8-11,13-14,16H2,1-2H3,(H,22,23);1H. The van der Waals surface area contributed by atoms with E-state index in [1.807, 2.05) is 7.05 Å². The van der Waals surface area contributed by atoms with E-state index in [4.69, 9.17) is 4.98 Å². The summed E-state index contributed by atoms with van der Waals surface area (Å²) >= 11 is 2.21. The molecule has 0 unspecified atom stereocenters. The Hall–Kier alpha value is -0.960. The Morgan fingerprint density at radius 2 is 2.14 bits per heavy atom. The summed E-state index contributed by atoms with van der Waals surface area (Å²) in [5.41, 5.74) is 3.41. The van der Waals surface area contributed by atoms with E-state index in [1.54, 1.807) is 0 Å². The number of thioether (sulfide) groups is 1. The monoisotopic (exact) mass is 513 g/mol. The average Bonchev–Trinajstić information content (AvgIpc) is 3.10. The van der Waals surface area contributed by atoms with Gasteiger partial charge < -0.3 is 14.6 Å². The number of aliphatic imine (C=N–C) groups is 1. The van der Waals surface area contributed by atoms with Crippen LogP contribution in [0, 0.1) is 6.92 Å². The molecular weight excluding hydrogens is 481 g/mol. The molecule has 2 aromatic rings. The van der Waals surface area contributed by atoms with Crippen molar-refractivity contribution >= 4 is 47.3 Å². The molecular formula is C21H32IN5S. The second-order valence-electron chi connectivity index (χ2n) is 7.89. The Bertz CT molecular complexity index is 807. The second kappa shape index (κ2) is 9.69. The predicted molar refractivity (Wildman–Crippen MR) is 130 cm³/mol. The zero-order valence-electron chi connectivity index (χ0n) is 17.0. The van der Waals surface area contributed by atoms with Crippen LogP contribution in [0.5, 0.6) is 0 Å². The second-order valence-corrected chi connectivity index (χ2v) is 9.45. The van der Waals surface area contributed by atoms with Gasteiger partial charge in [-0.25, -0.2) is 4.98 Å². The van der Waals surface area contributed by atoms with E-state index >= 15 is 0 Å². The first-order valence-electron chi connectivity index (χ1n) is 10.2. The predicted octanol–water partition coefficient (Wildman–Crippen LogP) is 4.13. The van der Waals surface area contributed by atoms with E-state index in [0.29, 0.717) is 4.75 Å². The van der Waals surface area contributed by atoms with Crippen molar-refractivity contribution in [3.05, 3.63) is 35.8 Å². The van der Waals surface area contributed by atoms with Crippen LogP contribution in [0.2, 0.25) is 0 Å². The van der Waals surface area contributed by atoms with Crippen LogP contribution in [0.4, 0.5) is 0 Å². The fourth-order valence-electron chi connectivity index (χ4n) is 4.48. The Labute approximate surface area is 189 Å². The van der Waals surface area contributed by atoms with Crippen LogP contribution in [0.15, 0.2) is 29.5 Å². The van der Waals surface area contributed by atoms with Crippen molar-refractivity contribution in [2.45, 2.75) is 50.2 Å². The molecule has 0 aromatic carbocycles. The van der Waals surface area contributed by atoms with E-state index in [9.17, 15) is 0 Å². The SMILES string of the molecule is CN=C(NCCc1cn2cccc(C)c2n1)N1CCSC2(CCCCC2)C1.I. The highest BCUT2D eigenvalue weighted by Crippen LogP contribution is 2.42. The van der Waals surface area contributed by atoms with Gasteiger partial charge in [-0.05, 0) is 31.4 Å². The number of guanidine groups is 1. The fraction of sp³-hybridized carbons (Fsp3) is 0.619. The molecule has 2 aromatic heterocycles. The van der Waals surface area contributed by atoms with E-state index in [2.05, 4.69) is 62.8 Å². The summed E-state index contributed by atoms with van der Waals surface area (Å²) in [6.07, 6.45) is 12.0. The topological polar surface area (TPSA) is 44.9 Å². The number of aryl methyl sites for hydroxylation is 1. The lowest BCUT2D eigenvalue weighted by Gasteiger charge is -2.45. The molecule has 28 heavy (non-hydrogen) atoms. The largest absolute Gasteiger partial charge is 0.356 e. The van der Waals surface area contributed by atoms with E-state index in [0.717, 1.165) is 43.4 Å². The number of nitrogens with one attached hydrogen (secondary N) is 1. The highest BCUT2D eigenvalue weighted by molar-refractivity contribution is 14.0. The van der Waals surface area contributed by atoms with Crippen molar-refractivity contribution in [2.75, 3.05) is 32.4 Å². The molecule has 7 heteroatoms. The number of nitrogens with zero attached hydrogens (tertiary/aromatic N) is 4. The van der Waals surface area contributed by atoms with Gasteiger partial charge in [0.05, 0.1) is 5.69 Å². The number of hydrogen-bond acceptors (Lipinski definition) is 3. The average molecular weight is 513 g/mol. The minimum Gasteiger partial charge on any atom is -0.356 e. The van der Waals surface area contributed by atoms with Gasteiger partial charge in [0.1, 0.15) is 5.65 Å². The lowest BCUT2D eigenvalue weighted by Crippen LogP contribution is -2.53. The van der Waals surface area contributed by atoms with Gasteiger partial charge >= 0.3 is 0 Å². The summed E-state index contributed by atoms with van der Waals surface area (Å²) in [5, 5.41) is 3.59. The summed E-state index contributed by atoms with van der Waals surface area (Å²) < 4.78 is 2.58. The Kier molecular flexibility index (Phi) is 7.53. The minimum absolute atomic E-state index is 0. The Balaban J connectivity index is 0.00000225. The molecule has 154 valence electrons. The summed E-state index contributed by atoms with van der Waals surface area (Å²) in [5.74, 6) is 2.27. The van der Waals surface area contributed by atoms with Gasteiger partial charge in [0.15, 0.2) is 5.96 Å². The minimum atomic E-state index is 0. The maximum absolute atomic E-state index is 4.78. The molecule has 0 radical (unpaired) electrons. The van der Waals surface area contributed by atoms with Crippen LogP contribution < -0.4 is 5.32 Å². The molecule has 0 atom stereocenters. The van der Waals surface area contributed by atoms with Crippen molar-refractivity contribution in [3.63, 3.8) is 0 Å². The summed E-state index contributed by atoms with van der Waals surface area (Å²) in [7, 11) is 1.91. The smallest absolute Gasteiger partial charge is 0.193 e. The van der Waals surface area contributed by atoms with Crippen LogP contribution in [-0.2, 0) is 6.42 Å². The molecule has 5 nitrogen and oxygen atoms in total. The van der Waals surface area contributed by atoms with Gasteiger partial charge in [-0.2, -0.15) is 11.8 Å². The quantitative estimate of drug-likeness (QED) is 0.381. The highest BCUT2D eigenvalue weighted by Gasteiger charge is 2.38. The van der Waals surface area contributed by atoms with Gasteiger partial charge in [0.25, 0.3) is 0 Å². The molecule has 1 saturated carbocycles. The molecule has 0 bridgehead atoms. The summed E-state index contributed by atoms with van der Waals surface area (Å²) in [6.45, 7) is 5.22. The zero-order chi connectivity index (χ0) is 18.7. The first-order valence-corrected chi connectivity index (χ1v) is 11.2. The fourth-order valence-corrected chi connectivity index (χ4v) is 6.05. The van der Waals surface area contributed by atoms with Gasteiger partial charge in [-0.3, -0.25) is 4.99 Å². The van der Waals surface area contributed by atoms with E-state index in [-0.39, 0.29) is 24.0 Å². The van der Waals surface area contributed by atoms with Crippen molar-refractivity contribution in [2.24, 2.45) is 4.99 Å². The number of pyridine rings is 1. The Morgan fingerprint density at radius 3 is 2.89 bits per heavy atom. The first-order chi connectivity index (χ1) is 13.2. The van der Waals surface area contributed by atoms with Gasteiger partial charge in [0, 0.05) is 56.0 Å². The first kappa shape index (κ1) is 21.7. The summed E-state index contributed by atoms with van der Waals surface area (Å²) in [6, 6.07) is 4.19. The number of hydrogen-bond donors (Lipinski definition) is 1. The van der Waals surface area contributed by atoms with Crippen molar-refractivity contribution < 1.29 is 0 Å². The molecule has 1 saturated heterocycles. The number of fused-ring (bicyclic) bond motifs is 1. The van der Waals surface area contributed by atoms with E-state index < -0.39 is 0 Å². The van der Waals surface area contributed by atoms with Crippen molar-refractivity contribution in [3.8, 4) is 0 Å². The third kappa shape index (κ3) is 4.78.